The van der Waals surface area contributed by atoms with E-state index in [1.165, 1.54) is 0 Å². The first-order valence-corrected chi connectivity index (χ1v) is 30.8. The Labute approximate surface area is 436 Å². The van der Waals surface area contributed by atoms with E-state index in [-0.39, 0.29) is 73.2 Å². The normalized spacial score (nSPS) is 11.9. The summed E-state index contributed by atoms with van der Waals surface area (Å²) in [7, 11) is 0. The third-order valence-corrected chi connectivity index (χ3v) is 15.6. The Kier molecular flexibility index (Phi) is 148. The molecule has 0 aliphatic carbocycles. The van der Waals surface area contributed by atoms with Crippen LogP contribution < -0.4 is 0 Å². The van der Waals surface area contributed by atoms with Gasteiger partial charge in [-0.3, -0.25) is 0 Å². The van der Waals surface area contributed by atoms with E-state index in [2.05, 4.69) is 8.17 Å². The molecular formula is C36H96Mo6O22. The zero-order valence-electron chi connectivity index (χ0n) is 42.8. The molecule has 2 fully saturated rings. The summed E-state index contributed by atoms with van der Waals surface area (Å²) < 4.78 is 72.1. The van der Waals surface area contributed by atoms with Crippen molar-refractivity contribution >= 4 is 0 Å². The zero-order valence-corrected chi connectivity index (χ0v) is 54.9. The van der Waals surface area contributed by atoms with Gasteiger partial charge in [0.1, 0.15) is 0 Å². The molecule has 12 N–H and O–H groups in total. The second kappa shape index (κ2) is 91.6. The predicted molar refractivity (Wildman–Crippen MR) is 217 cm³/mol. The molecule has 2 saturated heterocycles. The Hall–Kier alpha value is 2.29. The van der Waals surface area contributed by atoms with Gasteiger partial charge in [0.05, 0.1) is 0 Å². The van der Waals surface area contributed by atoms with E-state index in [1.807, 2.05) is 0 Å². The van der Waals surface area contributed by atoms with Crippen LogP contribution in [0.15, 0.2) is 0 Å². The summed E-state index contributed by atoms with van der Waals surface area (Å²) in [4.78, 5) is 0. The van der Waals surface area contributed by atoms with Gasteiger partial charge in [0.2, 0.25) is 0 Å². The maximum absolute atomic E-state index is 9.76. The van der Waals surface area contributed by atoms with Crippen molar-refractivity contribution in [3.8, 4) is 0 Å². The van der Waals surface area contributed by atoms with E-state index in [4.69, 9.17) is 68.1 Å². The summed E-state index contributed by atoms with van der Waals surface area (Å²) in [5, 5.41) is 96.7. The van der Waals surface area contributed by atoms with E-state index in [9.17, 15) is 13.6 Å². The van der Waals surface area contributed by atoms with Gasteiger partial charge in [-0.2, -0.15) is 0 Å². The van der Waals surface area contributed by atoms with Crippen molar-refractivity contribution < 1.29 is 202 Å². The minimum absolute atomic E-state index is 0.167. The van der Waals surface area contributed by atoms with E-state index in [1.54, 1.807) is 166 Å². The number of hydrogen-bond acceptors (Lipinski definition) is 22. The summed E-state index contributed by atoms with van der Waals surface area (Å²) >= 11 is -9.61. The van der Waals surface area contributed by atoms with E-state index in [0.29, 0.717) is 39.6 Å². The molecule has 408 valence electrons. The molecule has 0 aromatic heterocycles. The molecule has 64 heavy (non-hydrogen) atoms. The summed E-state index contributed by atoms with van der Waals surface area (Å²) in [6.45, 7) is 41.3. The molecule has 0 amide bonds. The molecule has 2 rings (SSSR count). The first-order chi connectivity index (χ1) is 28.4. The van der Waals surface area contributed by atoms with Crippen molar-refractivity contribution in [2.45, 2.75) is 239 Å². The molecule has 2 aliphatic rings. The second-order valence-electron chi connectivity index (χ2n) is 14.2. The average molecular weight is 1460 g/mol. The molecule has 0 unspecified atom stereocenters. The first kappa shape index (κ1) is 103. The van der Waals surface area contributed by atoms with Gasteiger partial charge in [-0.05, 0) is 166 Å². The van der Waals surface area contributed by atoms with Gasteiger partial charge in [-0.15, -0.1) is 0 Å². The number of aliphatic hydroxyl groups excluding tert-OH is 12. The van der Waals surface area contributed by atoms with Crippen molar-refractivity contribution in [2.75, 3.05) is 0 Å². The average Bonchev–Trinajstić information content (AvgIpc) is 2.95. The third kappa shape index (κ3) is 770. The fourth-order valence-corrected chi connectivity index (χ4v) is 6.71. The molecule has 0 saturated carbocycles. The van der Waals surface area contributed by atoms with Crippen LogP contribution in [0.1, 0.15) is 166 Å². The summed E-state index contributed by atoms with van der Waals surface area (Å²) in [5.41, 5.74) is 0. The van der Waals surface area contributed by atoms with Crippen molar-refractivity contribution in [3.05, 3.63) is 0 Å². The Bertz CT molecular complexity index is 606. The molecule has 0 radical (unpaired) electrons. The minimum atomic E-state index is -2.75. The molecule has 0 atom stereocenters. The van der Waals surface area contributed by atoms with Gasteiger partial charge in [0.25, 0.3) is 0 Å². The number of aliphatic hydroxyl groups is 12. The standard InChI is InChI=1S/12C3H8O.6Mo.10O/c12*1-3(2)4;;;;;;;;;;;;;;;;/h12*3-4H,1-2H3;;;;;;;;;;;;;;;;. The maximum atomic E-state index is 9.76. The molecule has 0 aromatic carbocycles. The van der Waals surface area contributed by atoms with Crippen LogP contribution in [0.25, 0.3) is 0 Å². The van der Waals surface area contributed by atoms with Crippen LogP contribution in [0, 0.1) is 0 Å². The van der Waals surface area contributed by atoms with Crippen LogP contribution in [-0.4, -0.2) is 135 Å². The van der Waals surface area contributed by atoms with Crippen molar-refractivity contribution in [2.24, 2.45) is 0 Å². The predicted octanol–water partition coefficient (Wildman–Crippen LogP) is 3.64. The van der Waals surface area contributed by atoms with Gasteiger partial charge in [-0.1, -0.05) is 0 Å². The van der Waals surface area contributed by atoms with Crippen LogP contribution in [-0.2, 0) is 140 Å². The Morgan fingerprint density at radius 2 is 0.250 bits per heavy atom. The monoisotopic (exact) mass is 1470 g/mol. The van der Waals surface area contributed by atoms with Gasteiger partial charge >= 0.3 is 140 Å². The molecule has 22 nitrogen and oxygen atoms in total. The first-order valence-electron chi connectivity index (χ1n) is 19.3. The number of rotatable bonds is 0. The molecule has 0 aromatic rings. The topological polar surface area (TPSA) is 382 Å². The summed E-state index contributed by atoms with van der Waals surface area (Å²) in [5.74, 6) is 0. The van der Waals surface area contributed by atoms with E-state index < -0.39 is 72.1 Å². The molecule has 0 bridgehead atoms. The quantitative estimate of drug-likeness (QED) is 0.154. The van der Waals surface area contributed by atoms with Crippen LogP contribution >= 0.6 is 0 Å². The van der Waals surface area contributed by atoms with Gasteiger partial charge in [-0.25, -0.2) is 0 Å². The van der Waals surface area contributed by atoms with Crippen molar-refractivity contribution in [1.29, 1.82) is 0 Å². The SMILES string of the molecule is CC(C)O.CC(C)O.CC(C)O.CC(C)O.CC(C)O.CC(C)O.CC(C)O.CC(C)O.CC(C)O.CC(C)O.CC(C)O.CC(C)O.[O]=[Mo].[O]=[Mo].[O]=[Mo]1[O][Mo](=[O])[O]1.[O]=[Mo]1[O][Mo](=[O])[O]1. The van der Waals surface area contributed by atoms with Gasteiger partial charge in [0.15, 0.2) is 0 Å². The van der Waals surface area contributed by atoms with Crippen LogP contribution in [0.2, 0.25) is 0 Å². The fourth-order valence-electron chi connectivity index (χ4n) is 0.192. The van der Waals surface area contributed by atoms with Crippen LogP contribution in [0.3, 0.4) is 0 Å². The number of hydrogen-bond donors (Lipinski definition) is 12. The van der Waals surface area contributed by atoms with Crippen molar-refractivity contribution in [1.82, 2.24) is 0 Å². The van der Waals surface area contributed by atoms with Gasteiger partial charge < -0.3 is 61.3 Å². The van der Waals surface area contributed by atoms with Crippen LogP contribution in [0.5, 0.6) is 0 Å². The summed E-state index contributed by atoms with van der Waals surface area (Å²) in [6.07, 6.45) is -2.00. The van der Waals surface area contributed by atoms with Crippen molar-refractivity contribution in [3.63, 3.8) is 0 Å². The molecule has 2 heterocycles. The molecular weight excluding hydrogens is 1360 g/mol. The van der Waals surface area contributed by atoms with E-state index in [0.717, 1.165) is 0 Å². The Balaban J connectivity index is -0.0000000350. The summed E-state index contributed by atoms with van der Waals surface area (Å²) in [6, 6.07) is 0. The molecule has 28 heteroatoms. The third-order valence-electron chi connectivity index (χ3n) is 0.444. The Morgan fingerprint density at radius 1 is 0.219 bits per heavy atom. The Morgan fingerprint density at radius 3 is 0.250 bits per heavy atom. The van der Waals surface area contributed by atoms with E-state index >= 15 is 0 Å². The molecule has 0 spiro atoms. The fraction of sp³-hybridized carbons (Fsp3) is 1.00. The van der Waals surface area contributed by atoms with Crippen LogP contribution in [0.4, 0.5) is 0 Å². The zero-order chi connectivity index (χ0) is 56.1. The van der Waals surface area contributed by atoms with Gasteiger partial charge in [0, 0.05) is 73.2 Å². The second-order valence-corrected chi connectivity index (χ2v) is 27.5. The molecule has 2 aliphatic heterocycles.